The summed E-state index contributed by atoms with van der Waals surface area (Å²) in [6, 6.07) is 7.60. The van der Waals surface area contributed by atoms with Gasteiger partial charge in [0, 0.05) is 0 Å². The normalized spacial score (nSPS) is 18.3. The molecule has 0 aliphatic carbocycles. The van der Waals surface area contributed by atoms with Gasteiger partial charge in [-0.25, -0.2) is 4.79 Å². The predicted molar refractivity (Wildman–Crippen MR) is 89.2 cm³/mol. The van der Waals surface area contributed by atoms with Crippen LogP contribution >= 0.6 is 0 Å². The van der Waals surface area contributed by atoms with Crippen molar-refractivity contribution in [1.29, 1.82) is 0 Å². The third-order valence-corrected chi connectivity index (χ3v) is 4.21. The first-order chi connectivity index (χ1) is 10.7. The molecule has 1 amide bonds. The van der Waals surface area contributed by atoms with Crippen molar-refractivity contribution >= 4 is 18.7 Å². The molecule has 122 valence electrons. The van der Waals surface area contributed by atoms with Crippen LogP contribution in [-0.2, 0) is 20.7 Å². The van der Waals surface area contributed by atoms with E-state index < -0.39 is 13.2 Å². The summed E-state index contributed by atoms with van der Waals surface area (Å²) in [5.74, 6) is 2.31. The van der Waals surface area contributed by atoms with Crippen LogP contribution in [0.25, 0.3) is 0 Å². The van der Waals surface area contributed by atoms with Crippen molar-refractivity contribution in [3.05, 3.63) is 29.8 Å². The van der Waals surface area contributed by atoms with Crippen LogP contribution in [0.5, 0.6) is 0 Å². The molecule has 0 atom stereocenters. The molecule has 6 heteroatoms. The van der Waals surface area contributed by atoms with Crippen LogP contribution in [0, 0.1) is 12.3 Å². The van der Waals surface area contributed by atoms with E-state index in [1.54, 1.807) is 0 Å². The second kappa shape index (κ2) is 6.65. The van der Waals surface area contributed by atoms with E-state index in [0.29, 0.717) is 0 Å². The standard InChI is InChI=1S/C17H22BNO4/c1-6-11-19-15(20)21-12-13-7-9-14(10-8-13)18-22-16(2,3)17(4,5)23-18/h1,7-10H,11-12H2,2-5H3,(H,19,20). The van der Waals surface area contributed by atoms with Crippen LogP contribution in [0.2, 0.25) is 0 Å². The molecule has 0 aromatic heterocycles. The van der Waals surface area contributed by atoms with Gasteiger partial charge in [-0.05, 0) is 38.7 Å². The topological polar surface area (TPSA) is 56.8 Å². The average molecular weight is 315 g/mol. The lowest BCUT2D eigenvalue weighted by molar-refractivity contribution is 0.00578. The molecule has 1 heterocycles. The summed E-state index contributed by atoms with van der Waals surface area (Å²) in [6.07, 6.45) is 4.52. The lowest BCUT2D eigenvalue weighted by atomic mass is 9.79. The molecule has 1 aliphatic heterocycles. The summed E-state index contributed by atoms with van der Waals surface area (Å²) in [6.45, 7) is 8.40. The number of alkyl carbamates (subject to hydrolysis) is 1. The first-order valence-electron chi connectivity index (χ1n) is 7.54. The molecule has 1 fully saturated rings. The summed E-state index contributed by atoms with van der Waals surface area (Å²) >= 11 is 0. The van der Waals surface area contributed by atoms with Gasteiger partial charge >= 0.3 is 13.2 Å². The maximum absolute atomic E-state index is 11.3. The molecule has 2 rings (SSSR count). The summed E-state index contributed by atoms with van der Waals surface area (Å²) in [4.78, 5) is 11.3. The monoisotopic (exact) mass is 315 g/mol. The first-order valence-corrected chi connectivity index (χ1v) is 7.54. The number of benzene rings is 1. The summed E-state index contributed by atoms with van der Waals surface area (Å²) < 4.78 is 17.0. The number of terminal acetylenes is 1. The van der Waals surface area contributed by atoms with E-state index in [2.05, 4.69) is 11.2 Å². The van der Waals surface area contributed by atoms with Gasteiger partial charge in [-0.15, -0.1) is 6.42 Å². The number of nitrogens with one attached hydrogen (secondary N) is 1. The first kappa shape index (κ1) is 17.4. The Labute approximate surface area is 137 Å². The fraction of sp³-hybridized carbons (Fsp3) is 0.471. The second-order valence-electron chi connectivity index (χ2n) is 6.46. The Hall–Kier alpha value is -1.97. The van der Waals surface area contributed by atoms with Crippen molar-refractivity contribution in [2.24, 2.45) is 0 Å². The number of rotatable bonds is 4. The zero-order valence-corrected chi connectivity index (χ0v) is 14.0. The van der Waals surface area contributed by atoms with Crippen LogP contribution < -0.4 is 10.8 Å². The van der Waals surface area contributed by atoms with E-state index in [-0.39, 0.29) is 24.4 Å². The molecule has 0 spiro atoms. The summed E-state index contributed by atoms with van der Waals surface area (Å²) in [5.41, 5.74) is 1.08. The molecule has 1 aromatic rings. The highest BCUT2D eigenvalue weighted by molar-refractivity contribution is 6.62. The van der Waals surface area contributed by atoms with Crippen LogP contribution in [0.15, 0.2) is 24.3 Å². The Morgan fingerprint density at radius 1 is 1.22 bits per heavy atom. The van der Waals surface area contributed by atoms with Gasteiger partial charge in [-0.1, -0.05) is 30.2 Å². The minimum Gasteiger partial charge on any atom is -0.445 e. The maximum Gasteiger partial charge on any atom is 0.494 e. The van der Waals surface area contributed by atoms with E-state index in [9.17, 15) is 4.79 Å². The third kappa shape index (κ3) is 4.07. The second-order valence-corrected chi connectivity index (χ2v) is 6.46. The fourth-order valence-corrected chi connectivity index (χ4v) is 2.07. The molecule has 1 saturated heterocycles. The zero-order chi connectivity index (χ0) is 17.1. The SMILES string of the molecule is C#CCNC(=O)OCc1ccc(B2OC(C)(C)C(C)(C)O2)cc1. The number of amides is 1. The van der Waals surface area contributed by atoms with Gasteiger partial charge in [-0.2, -0.15) is 0 Å². The lowest BCUT2D eigenvalue weighted by Gasteiger charge is -2.32. The minimum absolute atomic E-state index is 0.152. The van der Waals surface area contributed by atoms with Crippen LogP contribution in [-0.4, -0.2) is 31.0 Å². The maximum atomic E-state index is 11.3. The van der Waals surface area contributed by atoms with Gasteiger partial charge in [0.05, 0.1) is 17.7 Å². The van der Waals surface area contributed by atoms with Gasteiger partial charge < -0.3 is 19.4 Å². The zero-order valence-electron chi connectivity index (χ0n) is 14.0. The number of ether oxygens (including phenoxy) is 1. The molecule has 0 saturated carbocycles. The molecule has 0 unspecified atom stereocenters. The third-order valence-electron chi connectivity index (χ3n) is 4.21. The van der Waals surface area contributed by atoms with Crippen molar-refractivity contribution in [3.8, 4) is 12.3 Å². The lowest BCUT2D eigenvalue weighted by Crippen LogP contribution is -2.41. The number of carbonyl (C=O) groups is 1. The highest BCUT2D eigenvalue weighted by Crippen LogP contribution is 2.36. The molecule has 23 heavy (non-hydrogen) atoms. The largest absolute Gasteiger partial charge is 0.494 e. The highest BCUT2D eigenvalue weighted by Gasteiger charge is 2.51. The Morgan fingerprint density at radius 3 is 2.30 bits per heavy atom. The Kier molecular flexibility index (Phi) is 5.03. The number of hydrogen-bond acceptors (Lipinski definition) is 4. The predicted octanol–water partition coefficient (Wildman–Crippen LogP) is 1.85. The average Bonchev–Trinajstić information content (AvgIpc) is 2.72. The number of carbonyl (C=O) groups excluding carboxylic acids is 1. The molecule has 5 nitrogen and oxygen atoms in total. The van der Waals surface area contributed by atoms with E-state index in [0.717, 1.165) is 11.0 Å². The quantitative estimate of drug-likeness (QED) is 0.680. The van der Waals surface area contributed by atoms with Crippen molar-refractivity contribution in [2.45, 2.75) is 45.5 Å². The molecular weight excluding hydrogens is 293 g/mol. The minimum atomic E-state index is -0.530. The van der Waals surface area contributed by atoms with Crippen LogP contribution in [0.4, 0.5) is 4.79 Å². The van der Waals surface area contributed by atoms with Gasteiger partial charge in [0.2, 0.25) is 0 Å². The van der Waals surface area contributed by atoms with E-state index >= 15 is 0 Å². The summed E-state index contributed by atoms with van der Waals surface area (Å²) in [5, 5.41) is 2.44. The molecule has 1 aromatic carbocycles. The smallest absolute Gasteiger partial charge is 0.445 e. The highest BCUT2D eigenvalue weighted by atomic mass is 16.7. The van der Waals surface area contributed by atoms with Crippen LogP contribution in [0.1, 0.15) is 33.3 Å². The van der Waals surface area contributed by atoms with E-state index in [1.807, 2.05) is 52.0 Å². The summed E-state index contributed by atoms with van der Waals surface area (Å²) in [7, 11) is -0.395. The van der Waals surface area contributed by atoms with Gasteiger partial charge in [0.25, 0.3) is 0 Å². The van der Waals surface area contributed by atoms with E-state index in [4.69, 9.17) is 20.5 Å². The van der Waals surface area contributed by atoms with E-state index in [1.165, 1.54) is 0 Å². The van der Waals surface area contributed by atoms with Gasteiger partial charge in [0.15, 0.2) is 0 Å². The molecule has 0 radical (unpaired) electrons. The van der Waals surface area contributed by atoms with Crippen molar-refractivity contribution in [1.82, 2.24) is 5.32 Å². The van der Waals surface area contributed by atoms with Gasteiger partial charge in [-0.3, -0.25) is 0 Å². The van der Waals surface area contributed by atoms with Crippen molar-refractivity contribution < 1.29 is 18.8 Å². The molecule has 0 bridgehead atoms. The van der Waals surface area contributed by atoms with Crippen molar-refractivity contribution in [3.63, 3.8) is 0 Å². The Morgan fingerprint density at radius 2 is 1.78 bits per heavy atom. The molecule has 1 N–H and O–H groups in total. The Bertz CT molecular complexity index is 588. The molecular formula is C17H22BNO4. The van der Waals surface area contributed by atoms with Gasteiger partial charge in [0.1, 0.15) is 6.61 Å². The van der Waals surface area contributed by atoms with Crippen molar-refractivity contribution in [2.75, 3.05) is 6.54 Å². The number of hydrogen-bond donors (Lipinski definition) is 1. The fourth-order valence-electron chi connectivity index (χ4n) is 2.07. The molecule has 1 aliphatic rings. The Balaban J connectivity index is 1.93. The van der Waals surface area contributed by atoms with Crippen LogP contribution in [0.3, 0.4) is 0 Å².